The van der Waals surface area contributed by atoms with Crippen molar-refractivity contribution in [1.82, 2.24) is 15.1 Å². The van der Waals surface area contributed by atoms with Gasteiger partial charge in [0.25, 0.3) is 5.22 Å². The molecule has 0 atom stereocenters. The Balaban J connectivity index is 1.51. The summed E-state index contributed by atoms with van der Waals surface area (Å²) in [5.41, 5.74) is 1.11. The van der Waals surface area contributed by atoms with E-state index in [9.17, 15) is 9.59 Å². The van der Waals surface area contributed by atoms with Gasteiger partial charge in [0.15, 0.2) is 0 Å². The second-order valence-corrected chi connectivity index (χ2v) is 7.66. The molecule has 10 heteroatoms. The first kappa shape index (κ1) is 21.2. The normalized spacial score (nSPS) is 10.6. The first-order chi connectivity index (χ1) is 13.9. The number of halogens is 2. The average Bonchev–Trinajstić information content (AvgIpc) is 3.17. The highest BCUT2D eigenvalue weighted by atomic mass is 35.5. The zero-order valence-electron chi connectivity index (χ0n) is 15.3. The molecule has 0 fully saturated rings. The Labute approximate surface area is 181 Å². The Morgan fingerprint density at radius 3 is 2.48 bits per heavy atom. The van der Waals surface area contributed by atoms with E-state index in [-0.39, 0.29) is 35.2 Å². The number of likely N-dealkylation sites (N-methyl/N-ethyl adjacent to an activating group) is 1. The lowest BCUT2D eigenvalue weighted by molar-refractivity contribution is -0.131. The number of nitrogens with one attached hydrogen (secondary N) is 1. The van der Waals surface area contributed by atoms with Gasteiger partial charge in [-0.1, -0.05) is 59.2 Å². The van der Waals surface area contributed by atoms with Crippen molar-refractivity contribution < 1.29 is 14.0 Å². The molecular formula is C19H16Cl2N4O3S. The van der Waals surface area contributed by atoms with Crippen LogP contribution in [0.4, 0.5) is 5.69 Å². The number of amides is 2. The molecular weight excluding hydrogens is 435 g/mol. The smallest absolute Gasteiger partial charge is 0.277 e. The first-order valence-corrected chi connectivity index (χ1v) is 10.2. The molecule has 1 heterocycles. The molecule has 0 saturated heterocycles. The van der Waals surface area contributed by atoms with Crippen LogP contribution < -0.4 is 5.32 Å². The molecule has 29 heavy (non-hydrogen) atoms. The summed E-state index contributed by atoms with van der Waals surface area (Å²) in [6.07, 6.45) is 0. The van der Waals surface area contributed by atoms with Gasteiger partial charge in [-0.25, -0.2) is 0 Å². The molecule has 0 spiro atoms. The van der Waals surface area contributed by atoms with E-state index >= 15 is 0 Å². The van der Waals surface area contributed by atoms with Gasteiger partial charge in [0.2, 0.25) is 17.7 Å². The van der Waals surface area contributed by atoms with Crippen molar-refractivity contribution in [2.45, 2.75) is 5.22 Å². The Morgan fingerprint density at radius 1 is 1.07 bits per heavy atom. The van der Waals surface area contributed by atoms with Gasteiger partial charge in [-0.3, -0.25) is 9.59 Å². The fourth-order valence-corrected chi connectivity index (χ4v) is 3.40. The summed E-state index contributed by atoms with van der Waals surface area (Å²) in [5.74, 6) is -0.294. The summed E-state index contributed by atoms with van der Waals surface area (Å²) >= 11 is 13.2. The van der Waals surface area contributed by atoms with Gasteiger partial charge in [0, 0.05) is 7.05 Å². The summed E-state index contributed by atoms with van der Waals surface area (Å²) in [4.78, 5) is 25.7. The third-order valence-corrected chi connectivity index (χ3v) is 5.25. The monoisotopic (exact) mass is 450 g/mol. The van der Waals surface area contributed by atoms with E-state index in [0.717, 1.165) is 11.8 Å². The lowest BCUT2D eigenvalue weighted by Crippen LogP contribution is -2.36. The predicted octanol–water partition coefficient (Wildman–Crippen LogP) is 4.23. The van der Waals surface area contributed by atoms with E-state index < -0.39 is 0 Å². The molecule has 150 valence electrons. The quantitative estimate of drug-likeness (QED) is 0.541. The van der Waals surface area contributed by atoms with Crippen molar-refractivity contribution in [3.63, 3.8) is 0 Å². The molecule has 0 aliphatic heterocycles. The Hall–Kier alpha value is -2.55. The minimum atomic E-state index is -0.349. The number of aromatic nitrogens is 2. The molecule has 0 unspecified atom stereocenters. The summed E-state index contributed by atoms with van der Waals surface area (Å²) in [5, 5.41) is 11.7. The van der Waals surface area contributed by atoms with Crippen LogP contribution in [0.15, 0.2) is 58.2 Å². The number of anilines is 1. The number of para-hydroxylation sites is 1. The molecule has 0 bridgehead atoms. The first-order valence-electron chi connectivity index (χ1n) is 8.43. The van der Waals surface area contributed by atoms with E-state index in [2.05, 4.69) is 15.5 Å². The van der Waals surface area contributed by atoms with Crippen molar-refractivity contribution in [3.05, 3.63) is 58.6 Å². The van der Waals surface area contributed by atoms with Gasteiger partial charge < -0.3 is 14.6 Å². The zero-order chi connectivity index (χ0) is 20.8. The van der Waals surface area contributed by atoms with E-state index in [1.165, 1.54) is 11.9 Å². The number of benzene rings is 2. The van der Waals surface area contributed by atoms with Crippen LogP contribution >= 0.6 is 35.0 Å². The second-order valence-electron chi connectivity index (χ2n) is 5.92. The number of rotatable bonds is 7. The van der Waals surface area contributed by atoms with Crippen molar-refractivity contribution in [2.24, 2.45) is 0 Å². The number of carbonyl (C=O) groups is 2. The maximum atomic E-state index is 12.3. The molecule has 0 saturated carbocycles. The Morgan fingerprint density at radius 2 is 1.76 bits per heavy atom. The standard InChI is InChI=1S/C19H16Cl2N4O3S/c1-25(10-16(26)22-15-9-5-4-8-14(15)21)17(27)11-29-19-24-23-18(28-19)12-6-2-3-7-13(12)20/h2-9H,10-11H2,1H3,(H,22,26). The van der Waals surface area contributed by atoms with Gasteiger partial charge in [-0.2, -0.15) is 0 Å². The molecule has 0 radical (unpaired) electrons. The van der Waals surface area contributed by atoms with Gasteiger partial charge in [-0.05, 0) is 24.3 Å². The van der Waals surface area contributed by atoms with Crippen molar-refractivity contribution in [3.8, 4) is 11.5 Å². The molecule has 1 aromatic heterocycles. The molecule has 2 amide bonds. The highest BCUT2D eigenvalue weighted by molar-refractivity contribution is 7.99. The van der Waals surface area contributed by atoms with Crippen molar-refractivity contribution >= 4 is 52.5 Å². The van der Waals surface area contributed by atoms with Crippen LogP contribution in [0.1, 0.15) is 0 Å². The molecule has 1 N–H and O–H groups in total. The lowest BCUT2D eigenvalue weighted by Gasteiger charge is -2.16. The van der Waals surface area contributed by atoms with Crippen LogP contribution in [0, 0.1) is 0 Å². The SMILES string of the molecule is CN(CC(=O)Nc1ccccc1Cl)C(=O)CSc1nnc(-c2ccccc2Cl)o1. The maximum absolute atomic E-state index is 12.3. The minimum absolute atomic E-state index is 0.0417. The maximum Gasteiger partial charge on any atom is 0.277 e. The summed E-state index contributed by atoms with van der Waals surface area (Å²) in [7, 11) is 1.54. The molecule has 0 aliphatic carbocycles. The van der Waals surface area contributed by atoms with Crippen LogP contribution in [-0.2, 0) is 9.59 Å². The fraction of sp³-hybridized carbons (Fsp3) is 0.158. The Kier molecular flexibility index (Phi) is 7.13. The van der Waals surface area contributed by atoms with E-state index in [4.69, 9.17) is 27.6 Å². The highest BCUT2D eigenvalue weighted by Crippen LogP contribution is 2.28. The third kappa shape index (κ3) is 5.72. The van der Waals surface area contributed by atoms with Gasteiger partial charge in [0.1, 0.15) is 0 Å². The number of hydrogen-bond acceptors (Lipinski definition) is 6. The molecule has 3 rings (SSSR count). The predicted molar refractivity (Wildman–Crippen MR) is 113 cm³/mol. The number of hydrogen-bond donors (Lipinski definition) is 1. The Bertz CT molecular complexity index is 1030. The lowest BCUT2D eigenvalue weighted by atomic mass is 10.2. The van der Waals surface area contributed by atoms with E-state index in [0.29, 0.717) is 21.3 Å². The summed E-state index contributed by atoms with van der Waals surface area (Å²) in [6, 6.07) is 14.0. The van der Waals surface area contributed by atoms with Gasteiger partial charge in [-0.15, -0.1) is 10.2 Å². The molecule has 2 aromatic carbocycles. The molecule has 7 nitrogen and oxygen atoms in total. The highest BCUT2D eigenvalue weighted by Gasteiger charge is 2.17. The van der Waals surface area contributed by atoms with Crippen LogP contribution in [0.25, 0.3) is 11.5 Å². The number of nitrogens with zero attached hydrogens (tertiary/aromatic N) is 3. The van der Waals surface area contributed by atoms with Gasteiger partial charge >= 0.3 is 0 Å². The fourth-order valence-electron chi connectivity index (χ4n) is 2.30. The van der Waals surface area contributed by atoms with E-state index in [1.54, 1.807) is 42.5 Å². The van der Waals surface area contributed by atoms with Gasteiger partial charge in [0.05, 0.1) is 33.6 Å². The summed E-state index contributed by atoms with van der Waals surface area (Å²) in [6.45, 7) is -0.112. The van der Waals surface area contributed by atoms with E-state index in [1.807, 2.05) is 6.07 Å². The van der Waals surface area contributed by atoms with Crippen LogP contribution in [0.3, 0.4) is 0 Å². The average molecular weight is 451 g/mol. The summed E-state index contributed by atoms with van der Waals surface area (Å²) < 4.78 is 5.55. The molecule has 0 aliphatic rings. The van der Waals surface area contributed by atoms with Crippen LogP contribution in [0.5, 0.6) is 0 Å². The minimum Gasteiger partial charge on any atom is -0.411 e. The molecule has 3 aromatic rings. The number of carbonyl (C=O) groups excluding carboxylic acids is 2. The largest absolute Gasteiger partial charge is 0.411 e. The van der Waals surface area contributed by atoms with Crippen LogP contribution in [-0.4, -0.2) is 46.3 Å². The van der Waals surface area contributed by atoms with Crippen molar-refractivity contribution in [2.75, 3.05) is 24.7 Å². The second kappa shape index (κ2) is 9.78. The zero-order valence-corrected chi connectivity index (χ0v) is 17.6. The topological polar surface area (TPSA) is 88.3 Å². The third-order valence-electron chi connectivity index (χ3n) is 3.78. The number of thioether (sulfide) groups is 1. The van der Waals surface area contributed by atoms with Crippen LogP contribution in [0.2, 0.25) is 10.0 Å². The van der Waals surface area contributed by atoms with Crippen molar-refractivity contribution in [1.29, 1.82) is 0 Å².